The summed E-state index contributed by atoms with van der Waals surface area (Å²) in [6.07, 6.45) is 2.95. The highest BCUT2D eigenvalue weighted by Gasteiger charge is 2.45. The monoisotopic (exact) mass is 167 g/mol. The van der Waals surface area contributed by atoms with Crippen molar-refractivity contribution in [2.75, 3.05) is 13.1 Å². The summed E-state index contributed by atoms with van der Waals surface area (Å²) in [4.78, 5) is 2.66. The molecule has 1 nitrogen and oxygen atoms in total. The Hall–Kier alpha value is -0.0400. The Balaban J connectivity index is 1.92. The van der Waals surface area contributed by atoms with E-state index < -0.39 is 0 Å². The molecule has 0 spiro atoms. The Kier molecular flexibility index (Phi) is 2.16. The highest BCUT2D eigenvalue weighted by atomic mass is 15.2. The van der Waals surface area contributed by atoms with Crippen LogP contribution in [0.1, 0.15) is 33.6 Å². The summed E-state index contributed by atoms with van der Waals surface area (Å²) in [5, 5.41) is 0. The predicted octanol–water partition coefficient (Wildman–Crippen LogP) is 2.37. The maximum atomic E-state index is 2.66. The van der Waals surface area contributed by atoms with E-state index >= 15 is 0 Å². The van der Waals surface area contributed by atoms with Crippen molar-refractivity contribution in [3.8, 4) is 0 Å². The molecule has 0 radical (unpaired) electrons. The molecule has 2 saturated heterocycles. The van der Waals surface area contributed by atoms with Gasteiger partial charge in [-0.1, -0.05) is 13.3 Å². The fourth-order valence-corrected chi connectivity index (χ4v) is 3.11. The molecule has 2 atom stereocenters. The molecule has 0 aromatic rings. The van der Waals surface area contributed by atoms with Gasteiger partial charge < -0.3 is 4.90 Å². The van der Waals surface area contributed by atoms with Gasteiger partial charge in [0.25, 0.3) is 0 Å². The summed E-state index contributed by atoms with van der Waals surface area (Å²) >= 11 is 0. The average Bonchev–Trinajstić information content (AvgIpc) is 2.05. The molecule has 0 aromatic carbocycles. The molecule has 1 heteroatoms. The number of piperidine rings is 2. The molecule has 12 heavy (non-hydrogen) atoms. The quantitative estimate of drug-likeness (QED) is 0.610. The highest BCUT2D eigenvalue weighted by molar-refractivity contribution is 4.96. The Morgan fingerprint density at radius 2 is 1.83 bits per heavy atom. The van der Waals surface area contributed by atoms with E-state index in [0.717, 1.165) is 23.8 Å². The van der Waals surface area contributed by atoms with Gasteiger partial charge in [0.15, 0.2) is 0 Å². The molecule has 3 aliphatic rings. The minimum atomic E-state index is 0.771. The van der Waals surface area contributed by atoms with Crippen LogP contribution in [-0.2, 0) is 0 Å². The summed E-state index contributed by atoms with van der Waals surface area (Å²) in [7, 11) is 0. The second-order valence-electron chi connectivity index (χ2n) is 4.88. The van der Waals surface area contributed by atoms with Crippen LogP contribution in [0, 0.1) is 17.8 Å². The molecule has 3 rings (SSSR count). The summed E-state index contributed by atoms with van der Waals surface area (Å²) in [5.74, 6) is 3.19. The van der Waals surface area contributed by atoms with E-state index in [-0.39, 0.29) is 0 Å². The molecule has 1 aliphatic carbocycles. The largest absolute Gasteiger partial charge is 0.300 e. The molecular formula is C11H21N. The number of hydrogen-bond acceptors (Lipinski definition) is 1. The average molecular weight is 167 g/mol. The number of nitrogens with zero attached hydrogens (tertiary/aromatic N) is 1. The summed E-state index contributed by atoms with van der Waals surface area (Å²) in [6.45, 7) is 9.77. The molecule has 2 unspecified atom stereocenters. The van der Waals surface area contributed by atoms with Crippen LogP contribution in [0.4, 0.5) is 0 Å². The van der Waals surface area contributed by atoms with Crippen molar-refractivity contribution in [1.29, 1.82) is 0 Å². The van der Waals surface area contributed by atoms with E-state index in [2.05, 4.69) is 25.7 Å². The lowest BCUT2D eigenvalue weighted by Crippen LogP contribution is -2.56. The van der Waals surface area contributed by atoms with Gasteiger partial charge in [-0.2, -0.15) is 0 Å². The minimum absolute atomic E-state index is 0.771. The fraction of sp³-hybridized carbons (Fsp3) is 1.00. The first-order chi connectivity index (χ1) is 5.72. The first kappa shape index (κ1) is 8.55. The summed E-state index contributed by atoms with van der Waals surface area (Å²) < 4.78 is 0. The lowest BCUT2D eigenvalue weighted by molar-refractivity contribution is -0.0562. The van der Waals surface area contributed by atoms with Gasteiger partial charge in [-0.15, -0.1) is 0 Å². The SMILES string of the molecule is CCC1C2CC1CN(C(C)C)C2. The van der Waals surface area contributed by atoms with Gasteiger partial charge >= 0.3 is 0 Å². The Morgan fingerprint density at radius 3 is 2.25 bits per heavy atom. The van der Waals surface area contributed by atoms with Crippen molar-refractivity contribution in [3.63, 3.8) is 0 Å². The van der Waals surface area contributed by atoms with Gasteiger partial charge in [-0.3, -0.25) is 0 Å². The van der Waals surface area contributed by atoms with Crippen molar-refractivity contribution in [2.24, 2.45) is 17.8 Å². The lowest BCUT2D eigenvalue weighted by atomic mass is 9.60. The molecule has 2 heterocycles. The second-order valence-corrected chi connectivity index (χ2v) is 4.88. The van der Waals surface area contributed by atoms with E-state index in [0.29, 0.717) is 0 Å². The zero-order valence-electron chi connectivity index (χ0n) is 8.59. The van der Waals surface area contributed by atoms with Gasteiger partial charge in [-0.05, 0) is 38.0 Å². The molecule has 3 fully saturated rings. The Labute approximate surface area is 76.1 Å². The highest BCUT2D eigenvalue weighted by Crippen LogP contribution is 2.47. The number of fused-ring (bicyclic) bond motifs is 2. The third kappa shape index (κ3) is 1.19. The Morgan fingerprint density at radius 1 is 1.25 bits per heavy atom. The predicted molar refractivity (Wildman–Crippen MR) is 52.1 cm³/mol. The first-order valence-corrected chi connectivity index (χ1v) is 5.46. The van der Waals surface area contributed by atoms with Crippen LogP contribution < -0.4 is 0 Å². The van der Waals surface area contributed by atoms with Crippen LogP contribution in [0.3, 0.4) is 0 Å². The molecule has 70 valence electrons. The molecule has 0 amide bonds. The van der Waals surface area contributed by atoms with Crippen LogP contribution in [-0.4, -0.2) is 24.0 Å². The van der Waals surface area contributed by atoms with E-state index in [9.17, 15) is 0 Å². The molecule has 1 saturated carbocycles. The summed E-state index contributed by atoms with van der Waals surface area (Å²) in [6, 6.07) is 0.771. The van der Waals surface area contributed by atoms with Gasteiger partial charge in [0, 0.05) is 19.1 Å². The van der Waals surface area contributed by atoms with Gasteiger partial charge in [0.05, 0.1) is 0 Å². The topological polar surface area (TPSA) is 3.24 Å². The van der Waals surface area contributed by atoms with Crippen LogP contribution in [0.5, 0.6) is 0 Å². The molecule has 0 N–H and O–H groups in total. The first-order valence-electron chi connectivity index (χ1n) is 5.46. The van der Waals surface area contributed by atoms with E-state index in [1.165, 1.54) is 25.9 Å². The van der Waals surface area contributed by atoms with Crippen molar-refractivity contribution in [1.82, 2.24) is 4.90 Å². The standard InChI is InChI=1S/C11H21N/c1-4-11-9-5-10(11)7-12(6-9)8(2)3/h8-11H,4-7H2,1-3H3. The van der Waals surface area contributed by atoms with E-state index in [4.69, 9.17) is 0 Å². The van der Waals surface area contributed by atoms with Crippen molar-refractivity contribution < 1.29 is 0 Å². The van der Waals surface area contributed by atoms with Gasteiger partial charge in [0.2, 0.25) is 0 Å². The molecule has 2 aliphatic heterocycles. The third-order valence-electron chi connectivity index (χ3n) is 3.96. The second kappa shape index (κ2) is 3.02. The third-order valence-corrected chi connectivity index (χ3v) is 3.96. The maximum absolute atomic E-state index is 2.66. The zero-order chi connectivity index (χ0) is 8.72. The van der Waals surface area contributed by atoms with Crippen LogP contribution in [0.15, 0.2) is 0 Å². The lowest BCUT2D eigenvalue weighted by Gasteiger charge is -2.54. The van der Waals surface area contributed by atoms with E-state index in [1.54, 1.807) is 0 Å². The van der Waals surface area contributed by atoms with E-state index in [1.807, 2.05) is 0 Å². The summed E-state index contributed by atoms with van der Waals surface area (Å²) in [5.41, 5.74) is 0. The maximum Gasteiger partial charge on any atom is 0.00388 e. The van der Waals surface area contributed by atoms with Crippen molar-refractivity contribution in [3.05, 3.63) is 0 Å². The molecular weight excluding hydrogens is 146 g/mol. The molecule has 2 bridgehead atoms. The van der Waals surface area contributed by atoms with Crippen LogP contribution >= 0.6 is 0 Å². The number of rotatable bonds is 2. The van der Waals surface area contributed by atoms with Crippen molar-refractivity contribution in [2.45, 2.75) is 39.7 Å². The molecule has 0 aromatic heterocycles. The Bertz CT molecular complexity index is 152. The smallest absolute Gasteiger partial charge is 0.00388 e. The van der Waals surface area contributed by atoms with Crippen LogP contribution in [0.25, 0.3) is 0 Å². The van der Waals surface area contributed by atoms with Crippen molar-refractivity contribution >= 4 is 0 Å². The van der Waals surface area contributed by atoms with Crippen LogP contribution in [0.2, 0.25) is 0 Å². The zero-order valence-corrected chi connectivity index (χ0v) is 8.59. The minimum Gasteiger partial charge on any atom is -0.300 e. The number of hydrogen-bond donors (Lipinski definition) is 0. The normalized spacial score (nSPS) is 41.5. The van der Waals surface area contributed by atoms with Gasteiger partial charge in [0.1, 0.15) is 0 Å². The fourth-order valence-electron chi connectivity index (χ4n) is 3.11. The van der Waals surface area contributed by atoms with Gasteiger partial charge in [-0.25, -0.2) is 0 Å².